The summed E-state index contributed by atoms with van der Waals surface area (Å²) >= 11 is 8.14. The number of hydrogen-bond acceptors (Lipinski definition) is 8. The van der Waals surface area contributed by atoms with E-state index in [1.54, 1.807) is 17.1 Å². The summed E-state index contributed by atoms with van der Waals surface area (Å²) in [5.74, 6) is -0.559. The van der Waals surface area contributed by atoms with E-state index in [1.165, 1.54) is 7.11 Å². The summed E-state index contributed by atoms with van der Waals surface area (Å²) in [6.07, 6.45) is 2.09. The van der Waals surface area contributed by atoms with Gasteiger partial charge in [-0.1, -0.05) is 18.5 Å². The molecule has 1 aromatic rings. The van der Waals surface area contributed by atoms with Gasteiger partial charge in [-0.15, -0.1) is 34.7 Å². The zero-order valence-electron chi connectivity index (χ0n) is 14.8. The Morgan fingerprint density at radius 1 is 1.52 bits per heavy atom. The van der Waals surface area contributed by atoms with Gasteiger partial charge in [-0.2, -0.15) is 0 Å². The molecule has 1 aliphatic heterocycles. The summed E-state index contributed by atoms with van der Waals surface area (Å²) in [7, 11) is 1.30. The van der Waals surface area contributed by atoms with Gasteiger partial charge >= 0.3 is 0 Å². The van der Waals surface area contributed by atoms with Crippen molar-refractivity contribution in [2.75, 3.05) is 24.1 Å². The van der Waals surface area contributed by atoms with E-state index in [4.69, 9.17) is 16.4 Å². The van der Waals surface area contributed by atoms with Gasteiger partial charge in [0.15, 0.2) is 10.8 Å². The molecule has 0 aliphatic carbocycles. The maximum atomic E-state index is 12.6. The van der Waals surface area contributed by atoms with Gasteiger partial charge in [0.25, 0.3) is 5.91 Å². The minimum absolute atomic E-state index is 0.0860. The molecule has 0 spiro atoms. The van der Waals surface area contributed by atoms with Gasteiger partial charge < -0.3 is 20.8 Å². The number of amides is 3. The highest BCUT2D eigenvalue weighted by molar-refractivity contribution is 8.00. The van der Waals surface area contributed by atoms with Crippen molar-refractivity contribution >= 4 is 63.3 Å². The number of nitrogens with one attached hydrogen (secondary N) is 3. The van der Waals surface area contributed by atoms with Crippen LogP contribution in [0.4, 0.5) is 5.13 Å². The fourth-order valence-electron chi connectivity index (χ4n) is 2.09. The van der Waals surface area contributed by atoms with Crippen molar-refractivity contribution in [3.63, 3.8) is 0 Å². The van der Waals surface area contributed by atoms with E-state index >= 15 is 0 Å². The molecular weight excluding hydrogens is 414 g/mol. The van der Waals surface area contributed by atoms with Crippen LogP contribution in [0.25, 0.3) is 0 Å². The Labute approximate surface area is 169 Å². The quantitative estimate of drug-likeness (QED) is 0.167. The fraction of sp³-hybridized carbons (Fsp3) is 0.533. The molecule has 2 atom stereocenters. The molecule has 0 saturated carbocycles. The van der Waals surface area contributed by atoms with Crippen molar-refractivity contribution in [2.45, 2.75) is 31.2 Å². The van der Waals surface area contributed by atoms with Crippen molar-refractivity contribution in [3.8, 4) is 0 Å². The molecule has 0 unspecified atom stereocenters. The number of thiazole rings is 1. The number of unbranched alkanes of at least 4 members (excludes halogenated alkanes) is 1. The number of carbonyl (C=O) groups is 3. The van der Waals surface area contributed by atoms with Gasteiger partial charge in [-0.3, -0.25) is 14.4 Å². The molecular formula is C15H20ClN5O4S2. The number of thioether (sulfide) groups is 1. The minimum Gasteiger partial charge on any atom is -0.398 e. The predicted molar refractivity (Wildman–Crippen MR) is 106 cm³/mol. The Morgan fingerprint density at radius 2 is 2.30 bits per heavy atom. The van der Waals surface area contributed by atoms with E-state index in [-0.39, 0.29) is 33.7 Å². The summed E-state index contributed by atoms with van der Waals surface area (Å²) in [6, 6.07) is -0.643. The van der Waals surface area contributed by atoms with E-state index in [9.17, 15) is 14.4 Å². The Morgan fingerprint density at radius 3 is 2.93 bits per heavy atom. The summed E-state index contributed by atoms with van der Waals surface area (Å²) in [5, 5.41) is 13.3. The van der Waals surface area contributed by atoms with Gasteiger partial charge in [0.2, 0.25) is 11.8 Å². The summed E-state index contributed by atoms with van der Waals surface area (Å²) in [6.45, 7) is 2.09. The summed E-state index contributed by atoms with van der Waals surface area (Å²) in [4.78, 5) is 44.6. The van der Waals surface area contributed by atoms with Crippen LogP contribution in [0.3, 0.4) is 0 Å². The number of alkyl halides is 1. The Hall–Kier alpha value is -1.85. The summed E-state index contributed by atoms with van der Waals surface area (Å²) in [5.41, 5.74) is 0.135. The lowest BCUT2D eigenvalue weighted by atomic mass is 10.1. The van der Waals surface area contributed by atoms with Crippen molar-refractivity contribution in [1.82, 2.24) is 15.6 Å². The lowest BCUT2D eigenvalue weighted by Crippen LogP contribution is -2.68. The van der Waals surface area contributed by atoms with Crippen LogP contribution in [-0.4, -0.2) is 58.6 Å². The fourth-order valence-corrected chi connectivity index (χ4v) is 4.16. The van der Waals surface area contributed by atoms with Crippen molar-refractivity contribution in [3.05, 3.63) is 11.1 Å². The minimum atomic E-state index is -0.643. The van der Waals surface area contributed by atoms with E-state index in [0.29, 0.717) is 0 Å². The van der Waals surface area contributed by atoms with Crippen molar-refractivity contribution < 1.29 is 19.2 Å². The van der Waals surface area contributed by atoms with Gasteiger partial charge in [-0.25, -0.2) is 4.98 Å². The lowest BCUT2D eigenvalue weighted by Gasteiger charge is -2.36. The number of rotatable bonds is 10. The first-order chi connectivity index (χ1) is 13.0. The van der Waals surface area contributed by atoms with Gasteiger partial charge in [0, 0.05) is 5.38 Å². The molecule has 12 heteroatoms. The molecule has 1 fully saturated rings. The third-order valence-corrected chi connectivity index (χ3v) is 5.74. The lowest BCUT2D eigenvalue weighted by molar-refractivity contribution is -0.132. The van der Waals surface area contributed by atoms with E-state index in [1.807, 2.05) is 0 Å². The number of nitrogens with zero attached hydrogens (tertiary/aromatic N) is 2. The average molecular weight is 434 g/mol. The maximum Gasteiger partial charge on any atom is 0.276 e. The van der Waals surface area contributed by atoms with Gasteiger partial charge in [-0.05, 0) is 12.2 Å². The number of halogens is 1. The molecule has 9 nitrogen and oxygen atoms in total. The SMILES string of the molecule is CCCCS[C@@H]1NC(=O)[C@H]1NC(=O)/C(=N\OC)c1csc(NC(=O)CCl)n1. The normalized spacial score (nSPS) is 19.1. The van der Waals surface area contributed by atoms with Crippen LogP contribution in [-0.2, 0) is 19.2 Å². The van der Waals surface area contributed by atoms with Gasteiger partial charge in [0.1, 0.15) is 30.1 Å². The van der Waals surface area contributed by atoms with E-state index < -0.39 is 17.9 Å². The first kappa shape index (κ1) is 21.5. The Balaban J connectivity index is 2.03. The van der Waals surface area contributed by atoms with Crippen LogP contribution in [0.5, 0.6) is 0 Å². The number of β-lactam (4-membered cyclic amide) rings is 1. The van der Waals surface area contributed by atoms with E-state index in [2.05, 4.69) is 33.0 Å². The standard InChI is InChI=1S/C15H20ClN5O4S2/c1-3-4-5-26-14-11(13(24)20-14)19-12(23)10(21-25-2)8-7-27-15(17-8)18-9(22)6-16/h7,11,14H,3-6H2,1-2H3,(H,19,23)(H,20,24)(H,17,18,22)/b21-10-/t11-,14+/m1/s1. The second-order valence-corrected chi connectivity index (χ2v) is 7.82. The number of aromatic nitrogens is 1. The molecule has 0 aromatic carbocycles. The molecule has 3 amide bonds. The molecule has 2 heterocycles. The van der Waals surface area contributed by atoms with E-state index in [0.717, 1.165) is 29.9 Å². The van der Waals surface area contributed by atoms with Crippen molar-refractivity contribution in [2.24, 2.45) is 5.16 Å². The smallest absolute Gasteiger partial charge is 0.276 e. The highest BCUT2D eigenvalue weighted by Gasteiger charge is 2.41. The zero-order valence-corrected chi connectivity index (χ0v) is 17.2. The average Bonchev–Trinajstić information content (AvgIpc) is 3.11. The predicted octanol–water partition coefficient (Wildman–Crippen LogP) is 1.14. The van der Waals surface area contributed by atoms with Gasteiger partial charge in [0.05, 0.1) is 0 Å². The molecule has 148 valence electrons. The number of oxime groups is 1. The molecule has 1 aromatic heterocycles. The first-order valence-electron chi connectivity index (χ1n) is 8.15. The molecule has 1 aliphatic rings. The molecule has 1 saturated heterocycles. The monoisotopic (exact) mass is 433 g/mol. The third-order valence-electron chi connectivity index (χ3n) is 3.46. The number of anilines is 1. The van der Waals surface area contributed by atoms with Crippen LogP contribution in [0, 0.1) is 0 Å². The largest absolute Gasteiger partial charge is 0.398 e. The Kier molecular flexibility index (Phi) is 8.32. The Bertz CT molecular complexity index is 727. The topological polar surface area (TPSA) is 122 Å². The highest BCUT2D eigenvalue weighted by Crippen LogP contribution is 2.22. The maximum absolute atomic E-state index is 12.6. The highest BCUT2D eigenvalue weighted by atomic mass is 35.5. The van der Waals surface area contributed by atoms with Crippen LogP contribution in [0.2, 0.25) is 0 Å². The van der Waals surface area contributed by atoms with Crippen LogP contribution in [0.15, 0.2) is 10.5 Å². The second kappa shape index (κ2) is 10.5. The van der Waals surface area contributed by atoms with Crippen molar-refractivity contribution in [1.29, 1.82) is 0 Å². The second-order valence-electron chi connectivity index (χ2n) is 5.45. The molecule has 3 N–H and O–H groups in total. The van der Waals surface area contributed by atoms with Crippen LogP contribution in [0.1, 0.15) is 25.5 Å². The van der Waals surface area contributed by atoms with Crippen LogP contribution >= 0.6 is 34.7 Å². The number of carbonyl (C=O) groups excluding carboxylic acids is 3. The van der Waals surface area contributed by atoms with Crippen LogP contribution < -0.4 is 16.0 Å². The zero-order chi connectivity index (χ0) is 19.8. The molecule has 0 radical (unpaired) electrons. The first-order valence-corrected chi connectivity index (χ1v) is 10.6. The third kappa shape index (κ3) is 5.81. The number of hydrogen-bond donors (Lipinski definition) is 3. The molecule has 2 rings (SSSR count). The molecule has 0 bridgehead atoms. The molecule has 27 heavy (non-hydrogen) atoms. The summed E-state index contributed by atoms with van der Waals surface area (Å²) < 4.78 is 0.